The molecule has 1 aromatic heterocycles. The summed E-state index contributed by atoms with van der Waals surface area (Å²) in [4.78, 5) is 2.46. The van der Waals surface area contributed by atoms with Crippen molar-refractivity contribution in [2.45, 2.75) is 26.7 Å². The van der Waals surface area contributed by atoms with E-state index in [1.165, 1.54) is 36.2 Å². The number of fused-ring (bicyclic) bond motifs is 1. The number of hydrogen-bond acceptors (Lipinski definition) is 2. The van der Waals surface area contributed by atoms with E-state index in [1.807, 2.05) is 6.92 Å². The molecule has 2 heterocycles. The molecule has 0 aliphatic carbocycles. The number of aryl methyl sites for hydroxylation is 2. The highest BCUT2D eigenvalue weighted by atomic mass is 15.1. The second kappa shape index (κ2) is 4.48. The number of benzene rings is 1. The minimum atomic E-state index is 1.05. The van der Waals surface area contributed by atoms with E-state index < -0.39 is 0 Å². The van der Waals surface area contributed by atoms with E-state index in [-0.39, 0.29) is 0 Å². The zero-order valence-corrected chi connectivity index (χ0v) is 11.0. The van der Waals surface area contributed by atoms with Crippen LogP contribution in [-0.4, -0.2) is 23.3 Å². The minimum Gasteiger partial charge on any atom is -0.372 e. The van der Waals surface area contributed by atoms with Gasteiger partial charge < -0.3 is 4.90 Å². The van der Waals surface area contributed by atoms with Crippen LogP contribution in [-0.2, 0) is 6.42 Å². The number of rotatable bonds is 2. The smallest absolute Gasteiger partial charge is 0.0923 e. The van der Waals surface area contributed by atoms with E-state index in [0.717, 1.165) is 17.9 Å². The number of aromatic amines is 1. The monoisotopic (exact) mass is 241 g/mol. The lowest BCUT2D eigenvalue weighted by Crippen LogP contribution is -2.28. The van der Waals surface area contributed by atoms with Gasteiger partial charge in [0.2, 0.25) is 0 Å². The van der Waals surface area contributed by atoms with E-state index in [4.69, 9.17) is 0 Å². The number of aromatic nitrogens is 2. The second-order valence-electron chi connectivity index (χ2n) is 4.96. The lowest BCUT2D eigenvalue weighted by atomic mass is 9.98. The quantitative estimate of drug-likeness (QED) is 0.875. The van der Waals surface area contributed by atoms with Crippen LogP contribution in [0.3, 0.4) is 0 Å². The summed E-state index contributed by atoms with van der Waals surface area (Å²) in [5.41, 5.74) is 6.24. The average Bonchev–Trinajstić information content (AvgIpc) is 2.84. The first-order valence-electron chi connectivity index (χ1n) is 6.68. The van der Waals surface area contributed by atoms with Crippen LogP contribution in [0.2, 0.25) is 0 Å². The number of hydrogen-bond donors (Lipinski definition) is 1. The summed E-state index contributed by atoms with van der Waals surface area (Å²) < 4.78 is 0. The highest BCUT2D eigenvalue weighted by Gasteiger charge is 2.16. The maximum absolute atomic E-state index is 4.34. The number of H-pyrrole nitrogens is 1. The molecule has 1 aliphatic heterocycles. The molecule has 0 bridgehead atoms. The van der Waals surface area contributed by atoms with Gasteiger partial charge in [-0.25, -0.2) is 0 Å². The first-order valence-corrected chi connectivity index (χ1v) is 6.68. The van der Waals surface area contributed by atoms with Gasteiger partial charge in [-0.3, -0.25) is 5.10 Å². The fourth-order valence-corrected chi connectivity index (χ4v) is 2.73. The normalized spacial score (nSPS) is 14.7. The summed E-state index contributed by atoms with van der Waals surface area (Å²) in [5.74, 6) is 0. The third-order valence-electron chi connectivity index (χ3n) is 3.68. The van der Waals surface area contributed by atoms with E-state index >= 15 is 0 Å². The third kappa shape index (κ3) is 1.90. The van der Waals surface area contributed by atoms with Gasteiger partial charge in [0.15, 0.2) is 0 Å². The molecule has 1 N–H and O–H groups in total. The van der Waals surface area contributed by atoms with Crippen molar-refractivity contribution >= 4 is 5.69 Å². The lowest BCUT2D eigenvalue weighted by molar-refractivity contribution is 0.708. The van der Waals surface area contributed by atoms with Crippen molar-refractivity contribution in [3.8, 4) is 11.3 Å². The van der Waals surface area contributed by atoms with E-state index in [1.54, 1.807) is 0 Å². The van der Waals surface area contributed by atoms with E-state index in [0.29, 0.717) is 0 Å². The minimum absolute atomic E-state index is 1.05. The zero-order chi connectivity index (χ0) is 12.5. The summed E-state index contributed by atoms with van der Waals surface area (Å²) >= 11 is 0. The standard InChI is InChI=1S/C15H19N3/c1-3-18-8-4-5-13-10-12(6-7-15(13)18)14-9-11(2)16-17-14/h6-7,9-10H,3-5,8H2,1-2H3,(H,16,17). The molecule has 1 aromatic carbocycles. The van der Waals surface area contributed by atoms with Crippen molar-refractivity contribution in [3.63, 3.8) is 0 Å². The number of nitrogens with zero attached hydrogens (tertiary/aromatic N) is 2. The van der Waals surface area contributed by atoms with Gasteiger partial charge >= 0.3 is 0 Å². The molecule has 0 unspecified atom stereocenters. The molecule has 0 saturated heterocycles. The highest BCUT2D eigenvalue weighted by molar-refractivity contribution is 5.67. The molecule has 3 nitrogen and oxygen atoms in total. The fourth-order valence-electron chi connectivity index (χ4n) is 2.73. The topological polar surface area (TPSA) is 31.9 Å². The van der Waals surface area contributed by atoms with Crippen molar-refractivity contribution in [2.75, 3.05) is 18.0 Å². The van der Waals surface area contributed by atoms with Crippen LogP contribution in [0.4, 0.5) is 5.69 Å². The molecule has 1 aliphatic rings. The Morgan fingerprint density at radius 3 is 2.94 bits per heavy atom. The van der Waals surface area contributed by atoms with Gasteiger partial charge in [-0.1, -0.05) is 6.07 Å². The lowest BCUT2D eigenvalue weighted by Gasteiger charge is -2.30. The Kier molecular flexibility index (Phi) is 2.82. The van der Waals surface area contributed by atoms with Crippen LogP contribution in [0.25, 0.3) is 11.3 Å². The fraction of sp³-hybridized carbons (Fsp3) is 0.400. The first-order chi connectivity index (χ1) is 8.78. The highest BCUT2D eigenvalue weighted by Crippen LogP contribution is 2.30. The van der Waals surface area contributed by atoms with Crippen molar-refractivity contribution in [1.29, 1.82) is 0 Å². The predicted molar refractivity (Wildman–Crippen MR) is 75.0 cm³/mol. The van der Waals surface area contributed by atoms with Gasteiger partial charge in [0.05, 0.1) is 5.69 Å². The maximum Gasteiger partial charge on any atom is 0.0923 e. The van der Waals surface area contributed by atoms with Gasteiger partial charge in [0, 0.05) is 30.0 Å². The molecule has 3 rings (SSSR count). The first kappa shape index (κ1) is 11.3. The molecule has 94 valence electrons. The predicted octanol–water partition coefficient (Wildman–Crippen LogP) is 3.16. The molecule has 0 atom stereocenters. The number of nitrogens with one attached hydrogen (secondary N) is 1. The molecule has 0 spiro atoms. The van der Waals surface area contributed by atoms with Crippen LogP contribution in [0.5, 0.6) is 0 Å². The van der Waals surface area contributed by atoms with Gasteiger partial charge in [0.1, 0.15) is 0 Å². The molecule has 2 aromatic rings. The molecular formula is C15H19N3. The summed E-state index contributed by atoms with van der Waals surface area (Å²) in [5, 5.41) is 7.34. The van der Waals surface area contributed by atoms with Crippen molar-refractivity contribution in [2.24, 2.45) is 0 Å². The van der Waals surface area contributed by atoms with Gasteiger partial charge in [-0.15, -0.1) is 0 Å². The summed E-state index contributed by atoms with van der Waals surface area (Å²) in [6, 6.07) is 8.83. The van der Waals surface area contributed by atoms with Crippen LogP contribution in [0, 0.1) is 6.92 Å². The molecule has 0 saturated carbocycles. The van der Waals surface area contributed by atoms with Gasteiger partial charge in [0.25, 0.3) is 0 Å². The molecule has 0 fully saturated rings. The molecule has 0 radical (unpaired) electrons. The van der Waals surface area contributed by atoms with E-state index in [2.05, 4.69) is 46.3 Å². The summed E-state index contributed by atoms with van der Waals surface area (Å²) in [7, 11) is 0. The average molecular weight is 241 g/mol. The molecule has 0 amide bonds. The Labute approximate surface area is 108 Å². The van der Waals surface area contributed by atoms with Gasteiger partial charge in [-0.05, 0) is 50.5 Å². The van der Waals surface area contributed by atoms with Crippen LogP contribution < -0.4 is 4.90 Å². The van der Waals surface area contributed by atoms with Gasteiger partial charge in [-0.2, -0.15) is 5.10 Å². The molecule has 3 heteroatoms. The molecule has 18 heavy (non-hydrogen) atoms. The Balaban J connectivity index is 2.00. The van der Waals surface area contributed by atoms with Crippen LogP contribution in [0.15, 0.2) is 24.3 Å². The summed E-state index contributed by atoms with van der Waals surface area (Å²) in [6.45, 7) is 6.53. The van der Waals surface area contributed by atoms with Crippen molar-refractivity contribution < 1.29 is 0 Å². The maximum atomic E-state index is 4.34. The van der Waals surface area contributed by atoms with Crippen LogP contribution in [0.1, 0.15) is 24.6 Å². The Morgan fingerprint density at radius 1 is 1.33 bits per heavy atom. The van der Waals surface area contributed by atoms with E-state index in [9.17, 15) is 0 Å². The second-order valence-corrected chi connectivity index (χ2v) is 4.96. The Morgan fingerprint density at radius 2 is 2.22 bits per heavy atom. The molecular weight excluding hydrogens is 222 g/mol. The van der Waals surface area contributed by atoms with Crippen molar-refractivity contribution in [3.05, 3.63) is 35.5 Å². The van der Waals surface area contributed by atoms with Crippen LogP contribution >= 0.6 is 0 Å². The largest absolute Gasteiger partial charge is 0.372 e. The Bertz CT molecular complexity index is 557. The SMILES string of the molecule is CCN1CCCc2cc(-c3cc(C)[nH]n3)ccc21. The third-order valence-corrected chi connectivity index (χ3v) is 3.68. The Hall–Kier alpha value is -1.77. The zero-order valence-electron chi connectivity index (χ0n) is 11.0. The number of anilines is 1. The summed E-state index contributed by atoms with van der Waals surface area (Å²) in [6.07, 6.45) is 2.44. The van der Waals surface area contributed by atoms with Crippen molar-refractivity contribution in [1.82, 2.24) is 10.2 Å².